The van der Waals surface area contributed by atoms with E-state index in [-0.39, 0.29) is 5.84 Å². The highest BCUT2D eigenvalue weighted by Gasteiger charge is 2.31. The summed E-state index contributed by atoms with van der Waals surface area (Å²) in [5.41, 5.74) is 6.18. The van der Waals surface area contributed by atoms with Crippen LogP contribution in [0.25, 0.3) is 0 Å². The number of halogens is 3. The predicted octanol–water partition coefficient (Wildman–Crippen LogP) is 3.97. The van der Waals surface area contributed by atoms with Gasteiger partial charge in [0.05, 0.1) is 11.4 Å². The first-order valence-electron chi connectivity index (χ1n) is 6.43. The molecule has 0 bridgehead atoms. The number of hydrogen-bond donors (Lipinski definition) is 2. The van der Waals surface area contributed by atoms with Gasteiger partial charge in [0.25, 0.3) is 0 Å². The Bertz CT molecular complexity index is 621. The molecule has 0 aliphatic carbocycles. The van der Waals surface area contributed by atoms with E-state index in [9.17, 15) is 13.2 Å². The van der Waals surface area contributed by atoms with Crippen LogP contribution in [0.1, 0.15) is 22.6 Å². The van der Waals surface area contributed by atoms with Crippen molar-refractivity contribution in [2.24, 2.45) is 5.73 Å². The normalized spacial score (nSPS) is 12.9. The van der Waals surface area contributed by atoms with Crippen molar-refractivity contribution < 1.29 is 13.2 Å². The van der Waals surface area contributed by atoms with E-state index < -0.39 is 17.7 Å². The molecule has 0 saturated heterocycles. The second kappa shape index (κ2) is 5.99. The quantitative estimate of drug-likeness (QED) is 0.650. The first-order valence-corrected chi connectivity index (χ1v) is 6.43. The summed E-state index contributed by atoms with van der Waals surface area (Å²) in [6.07, 6.45) is -4.00. The molecular weight excluding hydrogens is 277 g/mol. The standard InChI is InChI=1S/C16H15F3N2/c17-16(18,19)13-8-4-7-12(10-13)14(15(20)21)9-11-5-2-1-3-6-11/h1-8,10,14H,9H2,(H3,20,21). The molecule has 5 heteroatoms. The Hall–Kier alpha value is -2.30. The van der Waals surface area contributed by atoms with Crippen molar-refractivity contribution in [2.75, 3.05) is 0 Å². The third-order valence-corrected chi connectivity index (χ3v) is 3.27. The van der Waals surface area contributed by atoms with E-state index in [1.807, 2.05) is 30.3 Å². The fraction of sp³-hybridized carbons (Fsp3) is 0.188. The molecule has 2 aromatic carbocycles. The lowest BCUT2D eigenvalue weighted by Gasteiger charge is -2.17. The van der Waals surface area contributed by atoms with Crippen molar-refractivity contribution in [3.8, 4) is 0 Å². The number of nitrogens with two attached hydrogens (primary N) is 1. The molecule has 2 rings (SSSR count). The fourth-order valence-corrected chi connectivity index (χ4v) is 2.19. The molecule has 0 spiro atoms. The molecule has 2 aromatic rings. The van der Waals surface area contributed by atoms with Crippen LogP contribution < -0.4 is 5.73 Å². The second-order valence-electron chi connectivity index (χ2n) is 4.82. The molecule has 21 heavy (non-hydrogen) atoms. The zero-order chi connectivity index (χ0) is 15.5. The van der Waals surface area contributed by atoms with Gasteiger partial charge in [0.2, 0.25) is 0 Å². The van der Waals surface area contributed by atoms with Crippen LogP contribution in [0, 0.1) is 5.41 Å². The Morgan fingerprint density at radius 2 is 1.71 bits per heavy atom. The van der Waals surface area contributed by atoms with Crippen LogP contribution in [0.5, 0.6) is 0 Å². The van der Waals surface area contributed by atoms with Crippen molar-refractivity contribution in [1.82, 2.24) is 0 Å². The molecule has 0 aliphatic heterocycles. The highest BCUT2D eigenvalue weighted by Crippen LogP contribution is 2.31. The van der Waals surface area contributed by atoms with Gasteiger partial charge < -0.3 is 5.73 Å². The van der Waals surface area contributed by atoms with Crippen LogP contribution in [0.3, 0.4) is 0 Å². The highest BCUT2D eigenvalue weighted by atomic mass is 19.4. The van der Waals surface area contributed by atoms with Gasteiger partial charge in [0.1, 0.15) is 0 Å². The van der Waals surface area contributed by atoms with E-state index in [0.717, 1.165) is 17.7 Å². The largest absolute Gasteiger partial charge is 0.416 e. The van der Waals surface area contributed by atoms with Crippen LogP contribution in [-0.4, -0.2) is 5.84 Å². The first-order chi connectivity index (χ1) is 9.88. The summed E-state index contributed by atoms with van der Waals surface area (Å²) in [4.78, 5) is 0. The summed E-state index contributed by atoms with van der Waals surface area (Å²) in [7, 11) is 0. The molecule has 0 saturated carbocycles. The summed E-state index contributed by atoms with van der Waals surface area (Å²) >= 11 is 0. The van der Waals surface area contributed by atoms with Crippen LogP contribution in [0.2, 0.25) is 0 Å². The van der Waals surface area contributed by atoms with Crippen LogP contribution >= 0.6 is 0 Å². The SMILES string of the molecule is N=C(N)C(Cc1ccccc1)c1cccc(C(F)(F)F)c1. The van der Waals surface area contributed by atoms with Crippen LogP contribution in [-0.2, 0) is 12.6 Å². The van der Waals surface area contributed by atoms with Gasteiger partial charge in [-0.05, 0) is 23.6 Å². The molecule has 0 aliphatic rings. The maximum absolute atomic E-state index is 12.8. The Balaban J connectivity index is 2.33. The van der Waals surface area contributed by atoms with E-state index >= 15 is 0 Å². The van der Waals surface area contributed by atoms with Crippen molar-refractivity contribution in [2.45, 2.75) is 18.5 Å². The first kappa shape index (κ1) is 15.1. The summed E-state index contributed by atoms with van der Waals surface area (Å²) in [6.45, 7) is 0. The number of benzene rings is 2. The minimum absolute atomic E-state index is 0.141. The Morgan fingerprint density at radius 1 is 1.05 bits per heavy atom. The molecule has 3 N–H and O–H groups in total. The number of rotatable bonds is 4. The van der Waals surface area contributed by atoms with Crippen LogP contribution in [0.4, 0.5) is 13.2 Å². The van der Waals surface area contributed by atoms with Gasteiger partial charge in [-0.15, -0.1) is 0 Å². The van der Waals surface area contributed by atoms with Crippen molar-refractivity contribution in [3.05, 3.63) is 71.3 Å². The van der Waals surface area contributed by atoms with Gasteiger partial charge in [0.15, 0.2) is 0 Å². The molecule has 0 radical (unpaired) electrons. The van der Waals surface area contributed by atoms with Gasteiger partial charge in [-0.25, -0.2) is 0 Å². The molecule has 1 atom stereocenters. The average Bonchev–Trinajstić information content (AvgIpc) is 2.45. The lowest BCUT2D eigenvalue weighted by Crippen LogP contribution is -2.23. The van der Waals surface area contributed by atoms with Crippen molar-refractivity contribution in [1.29, 1.82) is 5.41 Å². The lowest BCUT2D eigenvalue weighted by molar-refractivity contribution is -0.137. The molecule has 0 aromatic heterocycles. The Morgan fingerprint density at radius 3 is 2.29 bits per heavy atom. The van der Waals surface area contributed by atoms with Gasteiger partial charge in [-0.3, -0.25) is 5.41 Å². The molecule has 110 valence electrons. The molecule has 0 amide bonds. The van der Waals surface area contributed by atoms with E-state index in [0.29, 0.717) is 12.0 Å². The van der Waals surface area contributed by atoms with Gasteiger partial charge in [-0.2, -0.15) is 13.2 Å². The maximum atomic E-state index is 12.8. The topological polar surface area (TPSA) is 49.9 Å². The summed E-state index contributed by atoms with van der Waals surface area (Å²) in [5, 5.41) is 7.66. The van der Waals surface area contributed by atoms with Gasteiger partial charge in [-0.1, -0.05) is 48.5 Å². The Kier molecular flexibility index (Phi) is 4.31. The number of nitrogens with one attached hydrogen (secondary N) is 1. The van der Waals surface area contributed by atoms with E-state index in [1.54, 1.807) is 6.07 Å². The van der Waals surface area contributed by atoms with Gasteiger partial charge in [0, 0.05) is 5.92 Å². The number of hydrogen-bond acceptors (Lipinski definition) is 1. The van der Waals surface area contributed by atoms with E-state index in [1.165, 1.54) is 6.07 Å². The molecule has 0 fully saturated rings. The zero-order valence-corrected chi connectivity index (χ0v) is 11.2. The molecule has 2 nitrogen and oxygen atoms in total. The molecular formula is C16H15F3N2. The smallest absolute Gasteiger partial charge is 0.387 e. The monoisotopic (exact) mass is 292 g/mol. The van der Waals surface area contributed by atoms with Crippen molar-refractivity contribution >= 4 is 5.84 Å². The zero-order valence-electron chi connectivity index (χ0n) is 11.2. The second-order valence-corrected chi connectivity index (χ2v) is 4.82. The minimum Gasteiger partial charge on any atom is -0.387 e. The number of amidine groups is 1. The summed E-state index contributed by atoms with van der Waals surface area (Å²) in [5.74, 6) is -0.701. The fourth-order valence-electron chi connectivity index (χ4n) is 2.19. The van der Waals surface area contributed by atoms with Gasteiger partial charge >= 0.3 is 6.18 Å². The maximum Gasteiger partial charge on any atom is 0.416 e. The third-order valence-electron chi connectivity index (χ3n) is 3.27. The van der Waals surface area contributed by atoms with E-state index in [4.69, 9.17) is 11.1 Å². The predicted molar refractivity (Wildman–Crippen MR) is 76.2 cm³/mol. The Labute approximate surface area is 120 Å². The van der Waals surface area contributed by atoms with Crippen LogP contribution in [0.15, 0.2) is 54.6 Å². The van der Waals surface area contributed by atoms with Crippen molar-refractivity contribution in [3.63, 3.8) is 0 Å². The summed E-state index contributed by atoms with van der Waals surface area (Å²) < 4.78 is 38.3. The highest BCUT2D eigenvalue weighted by molar-refractivity contribution is 5.85. The minimum atomic E-state index is -4.40. The number of alkyl halides is 3. The lowest BCUT2D eigenvalue weighted by atomic mass is 9.90. The average molecular weight is 292 g/mol. The molecule has 0 heterocycles. The molecule has 1 unspecified atom stereocenters. The summed E-state index contributed by atoms with van der Waals surface area (Å²) in [6, 6.07) is 14.3. The third kappa shape index (κ3) is 3.84. The van der Waals surface area contributed by atoms with E-state index in [2.05, 4.69) is 0 Å².